The molecule has 0 aliphatic carbocycles. The lowest BCUT2D eigenvalue weighted by atomic mass is 10.1. The van der Waals surface area contributed by atoms with Gasteiger partial charge in [-0.3, -0.25) is 19.4 Å². The quantitative estimate of drug-likeness (QED) is 0.645. The minimum absolute atomic E-state index is 0.0195. The van der Waals surface area contributed by atoms with Crippen molar-refractivity contribution >= 4 is 17.5 Å². The van der Waals surface area contributed by atoms with Crippen LogP contribution in [-0.4, -0.2) is 68.0 Å². The van der Waals surface area contributed by atoms with Crippen molar-refractivity contribution in [3.05, 3.63) is 59.7 Å². The van der Waals surface area contributed by atoms with Gasteiger partial charge in [-0.1, -0.05) is 37.3 Å². The fourth-order valence-electron chi connectivity index (χ4n) is 3.68. The summed E-state index contributed by atoms with van der Waals surface area (Å²) in [6, 6.07) is 15.8. The van der Waals surface area contributed by atoms with Crippen LogP contribution in [0.5, 0.6) is 5.75 Å². The van der Waals surface area contributed by atoms with E-state index in [1.807, 2.05) is 43.3 Å². The van der Waals surface area contributed by atoms with Crippen LogP contribution in [0.2, 0.25) is 0 Å². The molecule has 1 heterocycles. The molecule has 1 fully saturated rings. The average molecular weight is 425 g/mol. The maximum Gasteiger partial charge on any atom is 0.243 e. The number of benzene rings is 2. The Labute approximate surface area is 184 Å². The van der Waals surface area contributed by atoms with E-state index in [9.17, 15) is 9.59 Å². The van der Waals surface area contributed by atoms with Gasteiger partial charge in [-0.15, -0.1) is 0 Å². The molecule has 166 valence electrons. The zero-order valence-corrected chi connectivity index (χ0v) is 18.4. The summed E-state index contributed by atoms with van der Waals surface area (Å²) in [5.74, 6) is 0.531. The lowest BCUT2D eigenvalue weighted by Crippen LogP contribution is -2.49. The third-order valence-electron chi connectivity index (χ3n) is 5.52. The lowest BCUT2D eigenvalue weighted by molar-refractivity contribution is -0.125. The average Bonchev–Trinajstić information content (AvgIpc) is 2.80. The topological polar surface area (TPSA) is 73.9 Å². The second-order valence-corrected chi connectivity index (χ2v) is 7.74. The second-order valence-electron chi connectivity index (χ2n) is 7.74. The first-order valence-electron chi connectivity index (χ1n) is 10.8. The van der Waals surface area contributed by atoms with Gasteiger partial charge in [0.15, 0.2) is 0 Å². The van der Waals surface area contributed by atoms with Gasteiger partial charge in [0.1, 0.15) is 5.75 Å². The maximum atomic E-state index is 12.3. The Kier molecular flexibility index (Phi) is 8.44. The van der Waals surface area contributed by atoms with Gasteiger partial charge in [-0.25, -0.2) is 0 Å². The SMILES string of the molecule is CCc1ccccc1NC(=O)CNC(=O)CN1CCN(Cc2ccc(OC)cc2)CC1. The van der Waals surface area contributed by atoms with Crippen molar-refractivity contribution in [2.75, 3.05) is 51.7 Å². The summed E-state index contributed by atoms with van der Waals surface area (Å²) in [4.78, 5) is 29.0. The summed E-state index contributed by atoms with van der Waals surface area (Å²) in [7, 11) is 1.67. The predicted octanol–water partition coefficient (Wildman–Crippen LogP) is 2.13. The number of anilines is 1. The number of aryl methyl sites for hydroxylation is 1. The number of carbonyl (C=O) groups excluding carboxylic acids is 2. The Bertz CT molecular complexity index is 861. The number of hydrogen-bond donors (Lipinski definition) is 2. The summed E-state index contributed by atoms with van der Waals surface area (Å²) in [6.45, 7) is 6.72. The molecule has 1 aliphatic rings. The number of rotatable bonds is 9. The molecule has 0 unspecified atom stereocenters. The van der Waals surface area contributed by atoms with Gasteiger partial charge in [0.2, 0.25) is 11.8 Å². The fraction of sp³-hybridized carbons (Fsp3) is 0.417. The molecule has 7 heteroatoms. The third kappa shape index (κ3) is 7.08. The molecule has 2 aromatic rings. The molecule has 31 heavy (non-hydrogen) atoms. The van der Waals surface area contributed by atoms with Crippen molar-refractivity contribution in [1.29, 1.82) is 0 Å². The Morgan fingerprint density at radius 2 is 1.61 bits per heavy atom. The minimum Gasteiger partial charge on any atom is -0.497 e. The zero-order valence-electron chi connectivity index (χ0n) is 18.4. The standard InChI is InChI=1S/C24H32N4O3/c1-3-20-6-4-5-7-22(20)26-23(29)16-25-24(30)18-28-14-12-27(13-15-28)17-19-8-10-21(31-2)11-9-19/h4-11H,3,12-18H2,1-2H3,(H,25,30)(H,26,29). The summed E-state index contributed by atoms with van der Waals surface area (Å²) in [5.41, 5.74) is 3.13. The van der Waals surface area contributed by atoms with Crippen LogP contribution < -0.4 is 15.4 Å². The number of ether oxygens (including phenoxy) is 1. The van der Waals surface area contributed by atoms with E-state index >= 15 is 0 Å². The van der Waals surface area contributed by atoms with E-state index in [0.29, 0.717) is 6.54 Å². The molecular formula is C24H32N4O3. The van der Waals surface area contributed by atoms with E-state index in [4.69, 9.17) is 4.74 Å². The number of carbonyl (C=O) groups is 2. The summed E-state index contributed by atoms with van der Waals surface area (Å²) in [6.07, 6.45) is 0.841. The number of hydrogen-bond acceptors (Lipinski definition) is 5. The first-order chi connectivity index (χ1) is 15.1. The summed E-state index contributed by atoms with van der Waals surface area (Å²) >= 11 is 0. The highest BCUT2D eigenvalue weighted by Gasteiger charge is 2.19. The monoisotopic (exact) mass is 424 g/mol. The predicted molar refractivity (Wildman–Crippen MR) is 122 cm³/mol. The number of piperazine rings is 1. The lowest BCUT2D eigenvalue weighted by Gasteiger charge is -2.34. The Morgan fingerprint density at radius 1 is 0.935 bits per heavy atom. The van der Waals surface area contributed by atoms with Gasteiger partial charge in [-0.2, -0.15) is 0 Å². The molecule has 1 saturated heterocycles. The van der Waals surface area contributed by atoms with E-state index in [1.165, 1.54) is 5.56 Å². The molecule has 3 rings (SSSR count). The van der Waals surface area contributed by atoms with Crippen LogP contribution in [0, 0.1) is 0 Å². The molecule has 0 bridgehead atoms. The first-order valence-corrected chi connectivity index (χ1v) is 10.8. The minimum atomic E-state index is -0.210. The first kappa shape index (κ1) is 22.8. The molecule has 2 N–H and O–H groups in total. The molecule has 0 radical (unpaired) electrons. The van der Waals surface area contributed by atoms with Crippen molar-refractivity contribution in [2.24, 2.45) is 0 Å². The maximum absolute atomic E-state index is 12.3. The fourth-order valence-corrected chi connectivity index (χ4v) is 3.68. The number of amides is 2. The highest BCUT2D eigenvalue weighted by molar-refractivity contribution is 5.95. The van der Waals surface area contributed by atoms with Crippen LogP contribution in [0.4, 0.5) is 5.69 Å². The van der Waals surface area contributed by atoms with E-state index in [-0.39, 0.29) is 18.4 Å². The normalized spacial score (nSPS) is 14.8. The Hall–Kier alpha value is -2.90. The Balaban J connectivity index is 1.35. The largest absolute Gasteiger partial charge is 0.497 e. The number of nitrogens with zero attached hydrogens (tertiary/aromatic N) is 2. The van der Waals surface area contributed by atoms with Gasteiger partial charge >= 0.3 is 0 Å². The molecule has 7 nitrogen and oxygen atoms in total. The second kappa shape index (κ2) is 11.5. The van der Waals surface area contributed by atoms with Crippen molar-refractivity contribution in [3.8, 4) is 5.75 Å². The van der Waals surface area contributed by atoms with Gasteiger partial charge < -0.3 is 15.4 Å². The van der Waals surface area contributed by atoms with Gasteiger partial charge in [0.25, 0.3) is 0 Å². The molecule has 0 saturated carbocycles. The van der Waals surface area contributed by atoms with Crippen LogP contribution in [0.3, 0.4) is 0 Å². The van der Waals surface area contributed by atoms with E-state index in [2.05, 4.69) is 32.6 Å². The summed E-state index contributed by atoms with van der Waals surface area (Å²) < 4.78 is 5.20. The van der Waals surface area contributed by atoms with Crippen molar-refractivity contribution in [2.45, 2.75) is 19.9 Å². The van der Waals surface area contributed by atoms with Crippen LogP contribution in [0.1, 0.15) is 18.1 Å². The van der Waals surface area contributed by atoms with E-state index < -0.39 is 0 Å². The van der Waals surface area contributed by atoms with Crippen LogP contribution >= 0.6 is 0 Å². The Morgan fingerprint density at radius 3 is 2.29 bits per heavy atom. The number of nitrogens with one attached hydrogen (secondary N) is 2. The molecule has 0 atom stereocenters. The van der Waals surface area contributed by atoms with Gasteiger partial charge in [-0.05, 0) is 35.7 Å². The van der Waals surface area contributed by atoms with Crippen LogP contribution in [0.25, 0.3) is 0 Å². The van der Waals surface area contributed by atoms with E-state index in [0.717, 1.165) is 56.1 Å². The molecule has 2 aromatic carbocycles. The molecule has 0 spiro atoms. The van der Waals surface area contributed by atoms with Crippen molar-refractivity contribution in [3.63, 3.8) is 0 Å². The smallest absolute Gasteiger partial charge is 0.243 e. The number of para-hydroxylation sites is 1. The zero-order chi connectivity index (χ0) is 22.1. The highest BCUT2D eigenvalue weighted by atomic mass is 16.5. The number of methoxy groups -OCH3 is 1. The molecule has 0 aromatic heterocycles. The van der Waals surface area contributed by atoms with Crippen molar-refractivity contribution < 1.29 is 14.3 Å². The summed E-state index contributed by atoms with van der Waals surface area (Å²) in [5, 5.41) is 5.61. The van der Waals surface area contributed by atoms with E-state index in [1.54, 1.807) is 7.11 Å². The van der Waals surface area contributed by atoms with Crippen molar-refractivity contribution in [1.82, 2.24) is 15.1 Å². The van der Waals surface area contributed by atoms with Crippen LogP contribution in [0.15, 0.2) is 48.5 Å². The molecular weight excluding hydrogens is 392 g/mol. The van der Waals surface area contributed by atoms with Gasteiger partial charge in [0.05, 0.1) is 20.2 Å². The molecule has 1 aliphatic heterocycles. The highest BCUT2D eigenvalue weighted by Crippen LogP contribution is 2.15. The molecule has 2 amide bonds. The third-order valence-corrected chi connectivity index (χ3v) is 5.52. The van der Waals surface area contributed by atoms with Crippen LogP contribution in [-0.2, 0) is 22.6 Å². The van der Waals surface area contributed by atoms with Gasteiger partial charge in [0, 0.05) is 38.4 Å².